The van der Waals surface area contributed by atoms with E-state index in [0.717, 1.165) is 12.1 Å². The van der Waals surface area contributed by atoms with Gasteiger partial charge in [-0.1, -0.05) is 18.5 Å². The van der Waals surface area contributed by atoms with E-state index in [1.54, 1.807) is 10.9 Å². The lowest BCUT2D eigenvalue weighted by Crippen LogP contribution is -2.28. The molecule has 0 spiro atoms. The molecule has 0 bridgehead atoms. The average Bonchev–Trinajstić information content (AvgIpc) is 3.01. The molecule has 0 aliphatic heterocycles. The van der Waals surface area contributed by atoms with E-state index in [0.29, 0.717) is 6.42 Å². The van der Waals surface area contributed by atoms with Crippen LogP contribution in [0.5, 0.6) is 0 Å². The normalized spacial score (nSPS) is 12.0. The summed E-state index contributed by atoms with van der Waals surface area (Å²) in [5, 5.41) is 17.8. The van der Waals surface area contributed by atoms with Gasteiger partial charge < -0.3 is 5.32 Å². The molecule has 23 heavy (non-hydrogen) atoms. The summed E-state index contributed by atoms with van der Waals surface area (Å²) in [5.41, 5.74) is 0.960. The number of aromatic nitrogens is 2. The summed E-state index contributed by atoms with van der Waals surface area (Å²) in [5.74, 6) is -0.374. The van der Waals surface area contributed by atoms with Crippen LogP contribution in [0.3, 0.4) is 0 Å². The number of rotatable bonds is 6. The summed E-state index contributed by atoms with van der Waals surface area (Å²) in [6.07, 6.45) is 4.28. The minimum absolute atomic E-state index is 0.0517. The van der Waals surface area contributed by atoms with Gasteiger partial charge in [0.1, 0.15) is 0 Å². The van der Waals surface area contributed by atoms with Crippen LogP contribution >= 0.6 is 11.6 Å². The first-order valence-electron chi connectivity index (χ1n) is 7.23. The number of nitrogens with one attached hydrogen (secondary N) is 1. The molecule has 1 aromatic heterocycles. The van der Waals surface area contributed by atoms with Gasteiger partial charge in [-0.2, -0.15) is 5.10 Å². The first kappa shape index (κ1) is 17.0. The van der Waals surface area contributed by atoms with Crippen molar-refractivity contribution >= 4 is 23.2 Å². The van der Waals surface area contributed by atoms with Crippen molar-refractivity contribution in [2.75, 3.05) is 0 Å². The van der Waals surface area contributed by atoms with Crippen LogP contribution in [0.2, 0.25) is 5.02 Å². The minimum atomic E-state index is -0.554. The second kappa shape index (κ2) is 7.23. The van der Waals surface area contributed by atoms with Crippen LogP contribution in [0.4, 0.5) is 5.69 Å². The lowest BCUT2D eigenvalue weighted by atomic mass is 10.1. The van der Waals surface area contributed by atoms with Crippen molar-refractivity contribution in [3.05, 3.63) is 56.9 Å². The predicted molar refractivity (Wildman–Crippen MR) is 86.5 cm³/mol. The van der Waals surface area contributed by atoms with Gasteiger partial charge in [-0.3, -0.25) is 19.6 Å². The molecular weight excluding hydrogens is 320 g/mol. The highest BCUT2D eigenvalue weighted by Crippen LogP contribution is 2.24. The standard InChI is InChI=1S/C15H17ClN4O3/c1-3-14(10-8-17-19(4-2)9-10)18-15(21)12-6-5-11(20(22)23)7-13(12)16/h5-9,14H,3-4H2,1-2H3,(H,18,21). The monoisotopic (exact) mass is 336 g/mol. The zero-order chi connectivity index (χ0) is 17.0. The van der Waals surface area contributed by atoms with Gasteiger partial charge in [0.25, 0.3) is 11.6 Å². The third-order valence-corrected chi connectivity index (χ3v) is 3.81. The summed E-state index contributed by atoms with van der Waals surface area (Å²) in [6.45, 7) is 4.68. The zero-order valence-corrected chi connectivity index (χ0v) is 13.6. The molecule has 0 aliphatic carbocycles. The van der Waals surface area contributed by atoms with Gasteiger partial charge >= 0.3 is 0 Å². The van der Waals surface area contributed by atoms with E-state index in [1.165, 1.54) is 18.2 Å². The largest absolute Gasteiger partial charge is 0.345 e. The number of halogens is 1. The highest BCUT2D eigenvalue weighted by molar-refractivity contribution is 6.34. The van der Waals surface area contributed by atoms with Crippen LogP contribution in [0.25, 0.3) is 0 Å². The first-order valence-corrected chi connectivity index (χ1v) is 7.61. The molecule has 1 aromatic carbocycles. The van der Waals surface area contributed by atoms with E-state index in [-0.39, 0.29) is 28.2 Å². The third-order valence-electron chi connectivity index (χ3n) is 3.50. The van der Waals surface area contributed by atoms with Crippen LogP contribution in [0, 0.1) is 10.1 Å². The maximum absolute atomic E-state index is 12.4. The molecule has 1 unspecified atom stereocenters. The molecule has 1 N–H and O–H groups in total. The average molecular weight is 337 g/mol. The Hall–Kier alpha value is -2.41. The summed E-state index contributed by atoms with van der Waals surface area (Å²) < 4.78 is 1.78. The Balaban J connectivity index is 2.18. The Labute approximate surface area is 138 Å². The number of amides is 1. The number of nitrogens with zero attached hydrogens (tertiary/aromatic N) is 3. The second-order valence-corrected chi connectivity index (χ2v) is 5.39. The summed E-state index contributed by atoms with van der Waals surface area (Å²) in [4.78, 5) is 22.5. The van der Waals surface area contributed by atoms with Crippen LogP contribution in [-0.2, 0) is 6.54 Å². The van der Waals surface area contributed by atoms with Gasteiger partial charge in [-0.05, 0) is 19.4 Å². The summed E-state index contributed by atoms with van der Waals surface area (Å²) in [6, 6.07) is 3.59. The topological polar surface area (TPSA) is 90.1 Å². The van der Waals surface area contributed by atoms with Gasteiger partial charge in [0.05, 0.1) is 27.7 Å². The van der Waals surface area contributed by atoms with Gasteiger partial charge in [0, 0.05) is 30.4 Å². The highest BCUT2D eigenvalue weighted by Gasteiger charge is 2.19. The number of hydrogen-bond acceptors (Lipinski definition) is 4. The fraction of sp³-hybridized carbons (Fsp3) is 0.333. The molecule has 1 atom stereocenters. The molecular formula is C15H17ClN4O3. The molecule has 0 saturated heterocycles. The highest BCUT2D eigenvalue weighted by atomic mass is 35.5. The fourth-order valence-corrected chi connectivity index (χ4v) is 2.45. The van der Waals surface area contributed by atoms with E-state index >= 15 is 0 Å². The van der Waals surface area contributed by atoms with E-state index in [1.807, 2.05) is 20.0 Å². The third kappa shape index (κ3) is 3.87. The minimum Gasteiger partial charge on any atom is -0.345 e. The van der Waals surface area contributed by atoms with Crippen LogP contribution in [0.15, 0.2) is 30.6 Å². The molecule has 2 aromatic rings. The van der Waals surface area contributed by atoms with Crippen molar-refractivity contribution in [2.24, 2.45) is 0 Å². The molecule has 0 saturated carbocycles. The smallest absolute Gasteiger partial charge is 0.270 e. The number of non-ortho nitro benzene ring substituents is 1. The SMILES string of the molecule is CCC(NC(=O)c1ccc([N+](=O)[O-])cc1Cl)c1cnn(CC)c1. The Bertz CT molecular complexity index is 729. The Morgan fingerprint density at radius 1 is 1.48 bits per heavy atom. The fourth-order valence-electron chi connectivity index (χ4n) is 2.19. The Kier molecular flexibility index (Phi) is 5.33. The molecule has 8 heteroatoms. The molecule has 0 radical (unpaired) electrons. The quantitative estimate of drug-likeness (QED) is 0.647. The molecule has 1 heterocycles. The second-order valence-electron chi connectivity index (χ2n) is 4.98. The Morgan fingerprint density at radius 2 is 2.22 bits per heavy atom. The number of aryl methyl sites for hydroxylation is 1. The molecule has 1 amide bonds. The number of nitro groups is 1. The molecule has 7 nitrogen and oxygen atoms in total. The van der Waals surface area contributed by atoms with Crippen molar-refractivity contribution in [3.8, 4) is 0 Å². The van der Waals surface area contributed by atoms with Gasteiger partial charge in [0.2, 0.25) is 0 Å². The van der Waals surface area contributed by atoms with Crippen molar-refractivity contribution < 1.29 is 9.72 Å². The molecule has 0 fully saturated rings. The van der Waals surface area contributed by atoms with Crippen molar-refractivity contribution in [1.82, 2.24) is 15.1 Å². The van der Waals surface area contributed by atoms with Gasteiger partial charge in [0.15, 0.2) is 0 Å². The first-order chi connectivity index (χ1) is 11.0. The van der Waals surface area contributed by atoms with E-state index < -0.39 is 4.92 Å². The van der Waals surface area contributed by atoms with Crippen LogP contribution in [-0.4, -0.2) is 20.6 Å². The van der Waals surface area contributed by atoms with Gasteiger partial charge in [-0.15, -0.1) is 0 Å². The number of nitro benzene ring substituents is 1. The van der Waals surface area contributed by atoms with Crippen molar-refractivity contribution in [3.63, 3.8) is 0 Å². The summed E-state index contributed by atoms with van der Waals surface area (Å²) in [7, 11) is 0. The number of carbonyl (C=O) groups is 1. The number of benzene rings is 1. The van der Waals surface area contributed by atoms with E-state index in [9.17, 15) is 14.9 Å². The van der Waals surface area contributed by atoms with Crippen LogP contribution in [0.1, 0.15) is 42.2 Å². The van der Waals surface area contributed by atoms with Crippen LogP contribution < -0.4 is 5.32 Å². The number of hydrogen-bond donors (Lipinski definition) is 1. The van der Waals surface area contributed by atoms with Crippen molar-refractivity contribution in [1.29, 1.82) is 0 Å². The zero-order valence-electron chi connectivity index (χ0n) is 12.8. The number of carbonyl (C=O) groups excluding carboxylic acids is 1. The molecule has 2 rings (SSSR count). The lowest BCUT2D eigenvalue weighted by molar-refractivity contribution is -0.384. The predicted octanol–water partition coefficient (Wildman–Crippen LogP) is 3.35. The molecule has 0 aliphatic rings. The molecule has 122 valence electrons. The maximum atomic E-state index is 12.4. The lowest BCUT2D eigenvalue weighted by Gasteiger charge is -2.16. The summed E-state index contributed by atoms with van der Waals surface area (Å²) >= 11 is 5.99. The maximum Gasteiger partial charge on any atom is 0.270 e. The van der Waals surface area contributed by atoms with Crippen molar-refractivity contribution in [2.45, 2.75) is 32.9 Å². The van der Waals surface area contributed by atoms with E-state index in [2.05, 4.69) is 10.4 Å². The van der Waals surface area contributed by atoms with Gasteiger partial charge in [-0.25, -0.2) is 0 Å². The Morgan fingerprint density at radius 3 is 2.74 bits per heavy atom. The van der Waals surface area contributed by atoms with E-state index in [4.69, 9.17) is 11.6 Å².